The Labute approximate surface area is 149 Å². The standard InChI is InChI=1S/C17H20N4O3S/c18-15(22)13-9-14(25-16(13)20-17(19)23)12-3-1-2-11(8-12)10-21-4-6-24-7-5-21/h1-3,8-9H,4-7,10H2,(H2,18,22)(H3,19,20,23). The summed E-state index contributed by atoms with van der Waals surface area (Å²) in [7, 11) is 0. The molecule has 0 aliphatic carbocycles. The van der Waals surface area contributed by atoms with Crippen molar-refractivity contribution in [2.24, 2.45) is 11.5 Å². The maximum atomic E-state index is 11.6. The van der Waals surface area contributed by atoms with Gasteiger partial charge < -0.3 is 16.2 Å². The van der Waals surface area contributed by atoms with Gasteiger partial charge in [-0.25, -0.2) is 4.79 Å². The summed E-state index contributed by atoms with van der Waals surface area (Å²) in [5.74, 6) is -0.601. The van der Waals surface area contributed by atoms with Crippen LogP contribution in [0.15, 0.2) is 30.3 Å². The van der Waals surface area contributed by atoms with Crippen LogP contribution in [-0.2, 0) is 11.3 Å². The summed E-state index contributed by atoms with van der Waals surface area (Å²) in [5, 5.41) is 2.83. The SMILES string of the molecule is NC(=O)Nc1sc(-c2cccc(CN3CCOCC3)c2)cc1C(N)=O. The first kappa shape index (κ1) is 17.4. The van der Waals surface area contributed by atoms with Crippen LogP contribution in [0.2, 0.25) is 0 Å². The minimum absolute atomic E-state index is 0.261. The molecular weight excluding hydrogens is 340 g/mol. The number of carbonyl (C=O) groups excluding carboxylic acids is 2. The van der Waals surface area contributed by atoms with Crippen molar-refractivity contribution in [2.75, 3.05) is 31.6 Å². The van der Waals surface area contributed by atoms with Crippen molar-refractivity contribution in [3.63, 3.8) is 0 Å². The topological polar surface area (TPSA) is 111 Å². The molecule has 0 spiro atoms. The molecule has 7 nitrogen and oxygen atoms in total. The molecule has 25 heavy (non-hydrogen) atoms. The normalized spacial score (nSPS) is 15.0. The van der Waals surface area contributed by atoms with Crippen molar-refractivity contribution in [1.29, 1.82) is 0 Å². The zero-order valence-electron chi connectivity index (χ0n) is 13.7. The number of carbonyl (C=O) groups is 2. The third kappa shape index (κ3) is 4.36. The summed E-state index contributed by atoms with van der Waals surface area (Å²) in [5.41, 5.74) is 13.0. The van der Waals surface area contributed by atoms with Crippen LogP contribution >= 0.6 is 11.3 Å². The van der Waals surface area contributed by atoms with Gasteiger partial charge in [-0.2, -0.15) is 0 Å². The molecule has 8 heteroatoms. The highest BCUT2D eigenvalue weighted by molar-refractivity contribution is 7.20. The molecule has 3 amide bonds. The van der Waals surface area contributed by atoms with Crippen LogP contribution in [0, 0.1) is 0 Å². The number of nitrogens with one attached hydrogen (secondary N) is 1. The Balaban J connectivity index is 1.84. The molecule has 2 heterocycles. The second-order valence-electron chi connectivity index (χ2n) is 5.80. The van der Waals surface area contributed by atoms with Crippen molar-refractivity contribution < 1.29 is 14.3 Å². The number of morpholine rings is 1. The molecule has 1 aliphatic heterocycles. The van der Waals surface area contributed by atoms with Crippen LogP contribution in [0.25, 0.3) is 10.4 Å². The molecule has 1 aliphatic rings. The minimum atomic E-state index is -0.725. The van der Waals surface area contributed by atoms with Crippen molar-refractivity contribution in [3.8, 4) is 10.4 Å². The molecule has 1 fully saturated rings. The van der Waals surface area contributed by atoms with Gasteiger partial charge in [0.25, 0.3) is 5.91 Å². The van der Waals surface area contributed by atoms with Crippen molar-refractivity contribution in [3.05, 3.63) is 41.5 Å². The lowest BCUT2D eigenvalue weighted by Gasteiger charge is -2.26. The van der Waals surface area contributed by atoms with Crippen molar-refractivity contribution in [2.45, 2.75) is 6.54 Å². The lowest BCUT2D eigenvalue weighted by Crippen LogP contribution is -2.35. The maximum Gasteiger partial charge on any atom is 0.317 e. The van der Waals surface area contributed by atoms with E-state index >= 15 is 0 Å². The molecule has 0 saturated carbocycles. The van der Waals surface area contributed by atoms with Gasteiger partial charge in [0.15, 0.2) is 0 Å². The Morgan fingerprint density at radius 1 is 1.20 bits per heavy atom. The molecule has 5 N–H and O–H groups in total. The van der Waals surface area contributed by atoms with E-state index in [-0.39, 0.29) is 5.56 Å². The third-order valence-electron chi connectivity index (χ3n) is 3.96. The Morgan fingerprint density at radius 2 is 1.96 bits per heavy atom. The summed E-state index contributed by atoms with van der Waals surface area (Å²) < 4.78 is 5.37. The lowest BCUT2D eigenvalue weighted by atomic mass is 10.1. The van der Waals surface area contributed by atoms with Crippen LogP contribution in [0.3, 0.4) is 0 Å². The fraction of sp³-hybridized carbons (Fsp3) is 0.294. The Bertz CT molecular complexity index is 784. The number of urea groups is 1. The highest BCUT2D eigenvalue weighted by atomic mass is 32.1. The molecule has 3 rings (SSSR count). The summed E-state index contributed by atoms with van der Waals surface area (Å²) in [6.07, 6.45) is 0. The molecule has 1 saturated heterocycles. The van der Waals surface area contributed by atoms with E-state index in [1.807, 2.05) is 12.1 Å². The van der Waals surface area contributed by atoms with Crippen LogP contribution in [0.1, 0.15) is 15.9 Å². The van der Waals surface area contributed by atoms with Gasteiger partial charge in [-0.05, 0) is 23.3 Å². The average molecular weight is 360 g/mol. The van der Waals surface area contributed by atoms with E-state index in [0.29, 0.717) is 5.00 Å². The molecule has 132 valence electrons. The number of rotatable bonds is 5. The summed E-state index contributed by atoms with van der Waals surface area (Å²) in [4.78, 5) is 25.9. The Morgan fingerprint density at radius 3 is 2.64 bits per heavy atom. The fourth-order valence-electron chi connectivity index (χ4n) is 2.76. The van der Waals surface area contributed by atoms with Crippen LogP contribution in [0.5, 0.6) is 0 Å². The average Bonchev–Trinajstić information content (AvgIpc) is 2.99. The molecule has 0 unspecified atom stereocenters. The largest absolute Gasteiger partial charge is 0.379 e. The Kier molecular flexibility index (Phi) is 5.32. The first-order chi connectivity index (χ1) is 12.0. The first-order valence-electron chi connectivity index (χ1n) is 7.92. The highest BCUT2D eigenvalue weighted by Crippen LogP contribution is 2.35. The van der Waals surface area contributed by atoms with E-state index in [1.54, 1.807) is 6.07 Å². The predicted molar refractivity (Wildman–Crippen MR) is 97.6 cm³/mol. The number of benzene rings is 1. The monoisotopic (exact) mass is 360 g/mol. The quantitative estimate of drug-likeness (QED) is 0.755. The summed E-state index contributed by atoms with van der Waals surface area (Å²) in [6, 6.07) is 9.07. The van der Waals surface area contributed by atoms with Gasteiger partial charge in [-0.15, -0.1) is 11.3 Å². The van der Waals surface area contributed by atoms with E-state index in [4.69, 9.17) is 16.2 Å². The zero-order chi connectivity index (χ0) is 17.8. The van der Waals surface area contributed by atoms with Gasteiger partial charge in [-0.3, -0.25) is 15.0 Å². The van der Waals surface area contributed by atoms with Gasteiger partial charge in [0.1, 0.15) is 5.00 Å². The third-order valence-corrected chi connectivity index (χ3v) is 5.06. The molecule has 1 aromatic heterocycles. The number of nitrogens with two attached hydrogens (primary N) is 2. The maximum absolute atomic E-state index is 11.6. The van der Waals surface area contributed by atoms with E-state index in [9.17, 15) is 9.59 Å². The van der Waals surface area contributed by atoms with E-state index in [1.165, 1.54) is 16.9 Å². The lowest BCUT2D eigenvalue weighted by molar-refractivity contribution is 0.0342. The minimum Gasteiger partial charge on any atom is -0.379 e. The number of thiophene rings is 1. The molecule has 0 atom stereocenters. The number of hydrogen-bond acceptors (Lipinski definition) is 5. The zero-order valence-corrected chi connectivity index (χ0v) is 14.5. The fourth-order valence-corrected chi connectivity index (χ4v) is 3.82. The molecule has 1 aromatic carbocycles. The van der Waals surface area contributed by atoms with E-state index < -0.39 is 11.9 Å². The van der Waals surface area contributed by atoms with Crippen LogP contribution in [0.4, 0.5) is 9.80 Å². The molecule has 2 aromatic rings. The number of ether oxygens (including phenoxy) is 1. The van der Waals surface area contributed by atoms with Gasteiger partial charge in [-0.1, -0.05) is 18.2 Å². The Hall–Kier alpha value is -2.42. The summed E-state index contributed by atoms with van der Waals surface area (Å²) in [6.45, 7) is 4.20. The number of nitrogens with zero attached hydrogens (tertiary/aromatic N) is 1. The second-order valence-corrected chi connectivity index (χ2v) is 6.85. The predicted octanol–water partition coefficient (Wildman–Crippen LogP) is 1.84. The molecule has 0 bridgehead atoms. The summed E-state index contributed by atoms with van der Waals surface area (Å²) >= 11 is 1.28. The van der Waals surface area contributed by atoms with Crippen molar-refractivity contribution in [1.82, 2.24) is 4.90 Å². The smallest absolute Gasteiger partial charge is 0.317 e. The molecule has 0 radical (unpaired) electrons. The van der Waals surface area contributed by atoms with Crippen LogP contribution in [-0.4, -0.2) is 43.1 Å². The second kappa shape index (κ2) is 7.64. The van der Waals surface area contributed by atoms with Crippen LogP contribution < -0.4 is 16.8 Å². The van der Waals surface area contributed by atoms with E-state index in [0.717, 1.165) is 43.3 Å². The van der Waals surface area contributed by atoms with E-state index in [2.05, 4.69) is 22.3 Å². The molecular formula is C17H20N4O3S. The van der Waals surface area contributed by atoms with Gasteiger partial charge in [0, 0.05) is 24.5 Å². The number of primary amides is 2. The van der Waals surface area contributed by atoms with Crippen molar-refractivity contribution >= 4 is 28.3 Å². The number of hydrogen-bond donors (Lipinski definition) is 3. The first-order valence-corrected chi connectivity index (χ1v) is 8.74. The number of anilines is 1. The van der Waals surface area contributed by atoms with Gasteiger partial charge in [0.2, 0.25) is 0 Å². The highest BCUT2D eigenvalue weighted by Gasteiger charge is 2.17. The van der Waals surface area contributed by atoms with Gasteiger partial charge >= 0.3 is 6.03 Å². The van der Waals surface area contributed by atoms with Gasteiger partial charge in [0.05, 0.1) is 18.8 Å². The number of amides is 3.